The molecule has 1 saturated heterocycles. The summed E-state index contributed by atoms with van der Waals surface area (Å²) in [5.41, 5.74) is 1.02. The number of thiophene rings is 1. The van der Waals surface area contributed by atoms with Crippen molar-refractivity contribution < 1.29 is 33.4 Å². The number of benzene rings is 2. The molecular formula is C28H26ClN3O7S. The summed E-state index contributed by atoms with van der Waals surface area (Å²) in [5, 5.41) is 6.16. The molecule has 0 saturated carbocycles. The molecule has 2 aromatic carbocycles. The van der Waals surface area contributed by atoms with Crippen molar-refractivity contribution in [2.75, 3.05) is 25.3 Å². The molecule has 0 aliphatic carbocycles. The number of urea groups is 1. The smallest absolute Gasteiger partial charge is 0.341 e. The van der Waals surface area contributed by atoms with Crippen molar-refractivity contribution in [3.8, 4) is 11.5 Å². The van der Waals surface area contributed by atoms with Crippen LogP contribution < -0.4 is 20.1 Å². The van der Waals surface area contributed by atoms with Crippen LogP contribution in [0.1, 0.15) is 45.8 Å². The van der Waals surface area contributed by atoms with Crippen molar-refractivity contribution in [3.63, 3.8) is 0 Å². The van der Waals surface area contributed by atoms with Crippen LogP contribution in [0.4, 0.5) is 9.80 Å². The summed E-state index contributed by atoms with van der Waals surface area (Å²) in [7, 11) is 0. The molecule has 1 aromatic heterocycles. The average Bonchev–Trinajstić information content (AvgIpc) is 3.56. The van der Waals surface area contributed by atoms with E-state index in [1.54, 1.807) is 45.0 Å². The number of amides is 4. The van der Waals surface area contributed by atoms with E-state index in [4.69, 9.17) is 25.8 Å². The van der Waals surface area contributed by atoms with Crippen LogP contribution in [0.2, 0.25) is 5.02 Å². The molecule has 0 bridgehead atoms. The van der Waals surface area contributed by atoms with Crippen molar-refractivity contribution in [2.24, 2.45) is 0 Å². The van der Waals surface area contributed by atoms with Gasteiger partial charge in [0.15, 0.2) is 11.5 Å². The van der Waals surface area contributed by atoms with E-state index in [9.17, 15) is 19.2 Å². The van der Waals surface area contributed by atoms with E-state index < -0.39 is 35.9 Å². The Bertz CT molecular complexity index is 1520. The van der Waals surface area contributed by atoms with E-state index in [2.05, 4.69) is 10.6 Å². The molecule has 3 heterocycles. The standard InChI is InChI=1S/C28H26ClN3O7S/c1-4-37-25(34)23-15(2)21(12-16-5-10-19-20(11-16)39-14-38-19)40-24(23)30-22(33)13-32-26(35)28(3,31-27(32)36)17-6-8-18(29)9-7-17/h5-11H,4,12-14H2,1-3H3,(H,30,33)(H,31,36). The minimum atomic E-state index is -1.35. The lowest BCUT2D eigenvalue weighted by Gasteiger charge is -2.22. The summed E-state index contributed by atoms with van der Waals surface area (Å²) in [6.07, 6.45) is 0.474. The first-order valence-electron chi connectivity index (χ1n) is 12.5. The first-order chi connectivity index (χ1) is 19.1. The summed E-state index contributed by atoms with van der Waals surface area (Å²) >= 11 is 7.19. The number of hydrogen-bond acceptors (Lipinski definition) is 8. The largest absolute Gasteiger partial charge is 0.462 e. The fraction of sp³-hybridized carbons (Fsp3) is 0.286. The molecule has 5 rings (SSSR count). The van der Waals surface area contributed by atoms with Crippen LogP contribution in [0.3, 0.4) is 0 Å². The fourth-order valence-electron chi connectivity index (χ4n) is 4.63. The Labute approximate surface area is 239 Å². The monoisotopic (exact) mass is 583 g/mol. The van der Waals surface area contributed by atoms with Crippen LogP contribution >= 0.6 is 22.9 Å². The molecule has 3 aromatic rings. The highest BCUT2D eigenvalue weighted by Crippen LogP contribution is 2.38. The maximum absolute atomic E-state index is 13.3. The number of hydrogen-bond donors (Lipinski definition) is 2. The van der Waals surface area contributed by atoms with Gasteiger partial charge in [-0.15, -0.1) is 11.3 Å². The highest BCUT2D eigenvalue weighted by atomic mass is 35.5. The fourth-order valence-corrected chi connectivity index (χ4v) is 6.00. The topological polar surface area (TPSA) is 123 Å². The van der Waals surface area contributed by atoms with Gasteiger partial charge in [0.2, 0.25) is 12.7 Å². The van der Waals surface area contributed by atoms with Crippen LogP contribution in [-0.2, 0) is 26.3 Å². The Hall–Kier alpha value is -4.09. The predicted molar refractivity (Wildman–Crippen MR) is 148 cm³/mol. The number of nitrogens with one attached hydrogen (secondary N) is 2. The van der Waals surface area contributed by atoms with Crippen LogP contribution in [0.15, 0.2) is 42.5 Å². The molecule has 0 spiro atoms. The molecule has 1 fully saturated rings. The van der Waals surface area contributed by atoms with Crippen LogP contribution in [-0.4, -0.2) is 48.7 Å². The molecule has 208 valence electrons. The SMILES string of the molecule is CCOC(=O)c1c(NC(=O)CN2C(=O)NC(C)(c3ccc(Cl)cc3)C2=O)sc(Cc2ccc3c(c2)OCO3)c1C. The van der Waals surface area contributed by atoms with Gasteiger partial charge in [0, 0.05) is 16.3 Å². The van der Waals surface area contributed by atoms with E-state index in [-0.39, 0.29) is 24.0 Å². The predicted octanol–water partition coefficient (Wildman–Crippen LogP) is 4.61. The highest BCUT2D eigenvalue weighted by molar-refractivity contribution is 7.17. The van der Waals surface area contributed by atoms with Gasteiger partial charge in [-0.1, -0.05) is 29.8 Å². The number of halogens is 1. The molecular weight excluding hydrogens is 558 g/mol. The van der Waals surface area contributed by atoms with Gasteiger partial charge in [0.05, 0.1) is 12.2 Å². The molecule has 1 atom stereocenters. The van der Waals surface area contributed by atoms with Gasteiger partial charge in [-0.05, 0) is 61.7 Å². The van der Waals surface area contributed by atoms with Crippen molar-refractivity contribution in [1.82, 2.24) is 10.2 Å². The van der Waals surface area contributed by atoms with Crippen molar-refractivity contribution in [2.45, 2.75) is 32.7 Å². The third-order valence-electron chi connectivity index (χ3n) is 6.78. The van der Waals surface area contributed by atoms with Gasteiger partial charge in [-0.25, -0.2) is 9.59 Å². The highest BCUT2D eigenvalue weighted by Gasteiger charge is 2.49. The Morgan fingerprint density at radius 2 is 1.88 bits per heavy atom. The zero-order valence-electron chi connectivity index (χ0n) is 22.0. The van der Waals surface area contributed by atoms with E-state index in [0.717, 1.165) is 15.3 Å². The molecule has 40 heavy (non-hydrogen) atoms. The third kappa shape index (κ3) is 5.09. The van der Waals surface area contributed by atoms with E-state index >= 15 is 0 Å². The number of fused-ring (bicyclic) bond motifs is 1. The van der Waals surface area contributed by atoms with Crippen molar-refractivity contribution in [3.05, 3.63) is 74.6 Å². The number of nitrogens with zero attached hydrogens (tertiary/aromatic N) is 1. The van der Waals surface area contributed by atoms with Gasteiger partial charge in [-0.3, -0.25) is 14.5 Å². The minimum absolute atomic E-state index is 0.157. The first kappa shape index (κ1) is 27.5. The molecule has 2 aliphatic rings. The Balaban J connectivity index is 1.36. The number of carbonyl (C=O) groups excluding carboxylic acids is 4. The number of imide groups is 1. The molecule has 1 unspecified atom stereocenters. The lowest BCUT2D eigenvalue weighted by atomic mass is 9.92. The number of ether oxygens (including phenoxy) is 3. The Morgan fingerprint density at radius 1 is 1.15 bits per heavy atom. The van der Waals surface area contributed by atoms with Crippen LogP contribution in [0.25, 0.3) is 0 Å². The number of anilines is 1. The lowest BCUT2D eigenvalue weighted by molar-refractivity contribution is -0.133. The molecule has 12 heteroatoms. The second-order valence-corrected chi connectivity index (χ2v) is 11.0. The molecule has 4 amide bonds. The van der Waals surface area contributed by atoms with Gasteiger partial charge >= 0.3 is 12.0 Å². The van der Waals surface area contributed by atoms with Crippen LogP contribution in [0.5, 0.6) is 11.5 Å². The summed E-state index contributed by atoms with van der Waals surface area (Å²) in [4.78, 5) is 53.6. The molecule has 2 N–H and O–H groups in total. The van der Waals surface area contributed by atoms with Gasteiger partial charge in [-0.2, -0.15) is 0 Å². The van der Waals surface area contributed by atoms with Gasteiger partial charge in [0.1, 0.15) is 17.1 Å². The second-order valence-electron chi connectivity index (χ2n) is 9.44. The van der Waals surface area contributed by atoms with E-state index in [1.807, 2.05) is 18.2 Å². The maximum atomic E-state index is 13.3. The zero-order valence-corrected chi connectivity index (χ0v) is 23.5. The van der Waals surface area contributed by atoms with E-state index in [1.165, 1.54) is 11.3 Å². The van der Waals surface area contributed by atoms with Gasteiger partial charge in [0.25, 0.3) is 5.91 Å². The lowest BCUT2D eigenvalue weighted by Crippen LogP contribution is -2.42. The zero-order chi connectivity index (χ0) is 28.6. The van der Waals surface area contributed by atoms with Crippen molar-refractivity contribution in [1.29, 1.82) is 0 Å². The molecule has 0 radical (unpaired) electrons. The molecule has 2 aliphatic heterocycles. The molecule has 10 nitrogen and oxygen atoms in total. The Morgan fingerprint density at radius 3 is 2.60 bits per heavy atom. The summed E-state index contributed by atoms with van der Waals surface area (Å²) < 4.78 is 16.1. The second kappa shape index (κ2) is 10.8. The Kier molecular flexibility index (Phi) is 7.43. The normalized spacial score (nSPS) is 17.6. The van der Waals surface area contributed by atoms with Crippen LogP contribution in [0, 0.1) is 6.92 Å². The summed E-state index contributed by atoms with van der Waals surface area (Å²) in [6.45, 7) is 4.83. The number of rotatable bonds is 8. The average molecular weight is 584 g/mol. The third-order valence-corrected chi connectivity index (χ3v) is 8.24. The maximum Gasteiger partial charge on any atom is 0.341 e. The van der Waals surface area contributed by atoms with E-state index in [0.29, 0.717) is 34.1 Å². The number of carbonyl (C=O) groups is 4. The number of esters is 1. The summed E-state index contributed by atoms with van der Waals surface area (Å²) in [5.74, 6) is -0.477. The quantitative estimate of drug-likeness (QED) is 0.293. The minimum Gasteiger partial charge on any atom is -0.462 e. The first-order valence-corrected chi connectivity index (χ1v) is 13.7. The summed E-state index contributed by atoms with van der Waals surface area (Å²) in [6, 6.07) is 11.4. The van der Waals surface area contributed by atoms with Gasteiger partial charge < -0.3 is 24.8 Å². The van der Waals surface area contributed by atoms with Crippen molar-refractivity contribution >= 4 is 51.8 Å².